The highest BCUT2D eigenvalue weighted by atomic mass is 32.2. The molecule has 0 aliphatic heterocycles. The number of hydrogen-bond donors (Lipinski definition) is 1. The molecule has 0 saturated heterocycles. The van der Waals surface area contributed by atoms with Crippen molar-refractivity contribution in [3.63, 3.8) is 0 Å². The van der Waals surface area contributed by atoms with E-state index >= 15 is 0 Å². The summed E-state index contributed by atoms with van der Waals surface area (Å²) in [5.74, 6) is 0. The van der Waals surface area contributed by atoms with Crippen LogP contribution in [0, 0.1) is 0 Å². The number of nitrogens with one attached hydrogen (secondary N) is 1. The van der Waals surface area contributed by atoms with Crippen molar-refractivity contribution in [3.8, 4) is 0 Å². The number of pyridine rings is 1. The molecule has 1 rings (SSSR count). The van der Waals surface area contributed by atoms with E-state index in [1.54, 1.807) is 20.8 Å². The van der Waals surface area contributed by atoms with Gasteiger partial charge in [-0.2, -0.15) is 26.3 Å². The molecule has 1 N–H and O–H groups in total. The minimum Gasteiger partial charge on any atom is -0.251 e. The van der Waals surface area contributed by atoms with E-state index in [1.165, 1.54) is 6.92 Å². The normalized spacial score (nSPS) is 16.1. The van der Waals surface area contributed by atoms with Crippen molar-refractivity contribution in [1.29, 1.82) is 0 Å². The van der Waals surface area contributed by atoms with Crippen molar-refractivity contribution in [3.05, 3.63) is 29.1 Å². The first kappa shape index (κ1) is 20.9. The van der Waals surface area contributed by atoms with Gasteiger partial charge in [-0.05, 0) is 33.3 Å². The summed E-state index contributed by atoms with van der Waals surface area (Å²) < 4.78 is 91.4. The molecule has 138 valence electrons. The molecular weight excluding hydrogens is 358 g/mol. The minimum atomic E-state index is -4.99. The smallest absolute Gasteiger partial charge is 0.251 e. The van der Waals surface area contributed by atoms with Crippen molar-refractivity contribution in [2.75, 3.05) is 0 Å². The lowest BCUT2D eigenvalue weighted by Gasteiger charge is -2.26. The fourth-order valence-electron chi connectivity index (χ4n) is 1.82. The quantitative estimate of drug-likeness (QED) is 0.779. The van der Waals surface area contributed by atoms with E-state index in [-0.39, 0.29) is 12.5 Å². The second-order valence-electron chi connectivity index (χ2n) is 6.11. The van der Waals surface area contributed by atoms with Crippen LogP contribution in [0.4, 0.5) is 26.3 Å². The third-order valence-corrected chi connectivity index (χ3v) is 4.73. The molecule has 0 aromatic carbocycles. The van der Waals surface area contributed by atoms with Gasteiger partial charge in [0.2, 0.25) is 0 Å². The molecule has 0 fully saturated rings. The highest BCUT2D eigenvalue weighted by Crippen LogP contribution is 2.38. The van der Waals surface area contributed by atoms with Gasteiger partial charge >= 0.3 is 12.4 Å². The third kappa shape index (κ3) is 5.17. The average molecular weight is 376 g/mol. The molecule has 0 amide bonds. The van der Waals surface area contributed by atoms with Gasteiger partial charge in [0, 0.05) is 17.8 Å². The van der Waals surface area contributed by atoms with Crippen LogP contribution in [0.5, 0.6) is 0 Å². The highest BCUT2D eigenvalue weighted by Gasteiger charge is 2.40. The number of hydrogen-bond acceptors (Lipinski definition) is 2. The van der Waals surface area contributed by atoms with E-state index in [4.69, 9.17) is 0 Å². The molecule has 1 aromatic rings. The van der Waals surface area contributed by atoms with Crippen LogP contribution in [0.15, 0.2) is 12.3 Å². The molecule has 2 atom stereocenters. The number of nitrogens with zero attached hydrogens (tertiary/aromatic N) is 1. The molecular formula is C14H18F6N2OS. The average Bonchev–Trinajstić information content (AvgIpc) is 2.40. The van der Waals surface area contributed by atoms with E-state index in [0.717, 1.165) is 0 Å². The third-order valence-electron chi connectivity index (χ3n) is 3.12. The summed E-state index contributed by atoms with van der Waals surface area (Å²) in [6.07, 6.45) is -9.33. The zero-order valence-electron chi connectivity index (χ0n) is 13.5. The van der Waals surface area contributed by atoms with E-state index in [1.807, 2.05) is 0 Å². The van der Waals surface area contributed by atoms with Gasteiger partial charge in [0.05, 0.1) is 21.3 Å². The van der Waals surface area contributed by atoms with E-state index in [2.05, 4.69) is 9.71 Å². The summed E-state index contributed by atoms with van der Waals surface area (Å²) in [4.78, 5) is 3.10. The van der Waals surface area contributed by atoms with Crippen molar-refractivity contribution in [2.24, 2.45) is 0 Å². The summed E-state index contributed by atoms with van der Waals surface area (Å²) in [5.41, 5.74) is -3.52. The fraction of sp³-hybridized carbons (Fsp3) is 0.643. The Morgan fingerprint density at radius 2 is 1.67 bits per heavy atom. The van der Waals surface area contributed by atoms with Gasteiger partial charge in [0.25, 0.3) is 0 Å². The van der Waals surface area contributed by atoms with Gasteiger partial charge in [-0.25, -0.2) is 8.93 Å². The standard InChI is InChI=1S/C14H18F6N2OS/c1-5-10(22-24(23)12(2,3)4)8-7-21-11(14(18,19)20)6-9(8)13(15,16)17/h6-7,10,22H,5H2,1-4H3/t10-,24?/m1/s1. The Hall–Kier alpha value is -1.16. The number of alkyl halides is 6. The van der Waals surface area contributed by atoms with Crippen molar-refractivity contribution in [1.82, 2.24) is 9.71 Å². The monoisotopic (exact) mass is 376 g/mol. The summed E-state index contributed by atoms with van der Waals surface area (Å²) in [7, 11) is -1.69. The molecule has 0 radical (unpaired) electrons. The zero-order chi connectivity index (χ0) is 18.9. The van der Waals surface area contributed by atoms with Crippen molar-refractivity contribution < 1.29 is 30.6 Å². The predicted octanol–water partition coefficient (Wildman–Crippen LogP) is 4.62. The van der Waals surface area contributed by atoms with Crippen LogP contribution >= 0.6 is 0 Å². The fourth-order valence-corrected chi connectivity index (χ4v) is 2.72. The second kappa shape index (κ2) is 6.99. The van der Waals surface area contributed by atoms with Crippen LogP contribution in [0.25, 0.3) is 0 Å². The van der Waals surface area contributed by atoms with Gasteiger partial charge in [0.15, 0.2) is 0 Å². The number of halogens is 6. The lowest BCUT2D eigenvalue weighted by molar-refractivity contribution is -0.146. The summed E-state index contributed by atoms with van der Waals surface area (Å²) >= 11 is 0. The van der Waals surface area contributed by atoms with Crippen LogP contribution in [0.3, 0.4) is 0 Å². The summed E-state index contributed by atoms with van der Waals surface area (Å²) in [6, 6.07) is -1.06. The molecule has 24 heavy (non-hydrogen) atoms. The van der Waals surface area contributed by atoms with Gasteiger partial charge in [-0.1, -0.05) is 6.92 Å². The topological polar surface area (TPSA) is 42.0 Å². The SMILES string of the molecule is CC[C@@H](NS(=O)C(C)(C)C)c1cnc(C(F)(F)F)cc1C(F)(F)F. The number of aromatic nitrogens is 1. The molecule has 0 bridgehead atoms. The maximum Gasteiger partial charge on any atom is 0.433 e. The van der Waals surface area contributed by atoms with Crippen LogP contribution in [0.1, 0.15) is 57.0 Å². The molecule has 0 saturated carbocycles. The molecule has 10 heteroatoms. The first-order valence-corrected chi connectivity index (χ1v) is 8.15. The first-order chi connectivity index (χ1) is 10.7. The molecule has 3 nitrogen and oxygen atoms in total. The van der Waals surface area contributed by atoms with Crippen LogP contribution in [0.2, 0.25) is 0 Å². The Labute approximate surface area is 138 Å². The molecule has 1 unspecified atom stereocenters. The van der Waals surface area contributed by atoms with Gasteiger partial charge < -0.3 is 0 Å². The molecule has 0 spiro atoms. The Morgan fingerprint density at radius 1 is 1.12 bits per heavy atom. The van der Waals surface area contributed by atoms with Crippen LogP contribution in [-0.2, 0) is 23.3 Å². The van der Waals surface area contributed by atoms with Gasteiger partial charge in [-0.3, -0.25) is 4.98 Å². The Balaban J connectivity index is 3.37. The molecule has 0 aliphatic rings. The van der Waals surface area contributed by atoms with Gasteiger partial charge in [-0.15, -0.1) is 0 Å². The summed E-state index contributed by atoms with van der Waals surface area (Å²) in [5, 5.41) is 0. The highest BCUT2D eigenvalue weighted by molar-refractivity contribution is 7.84. The Kier molecular flexibility index (Phi) is 6.08. The predicted molar refractivity (Wildman–Crippen MR) is 78.3 cm³/mol. The van der Waals surface area contributed by atoms with Crippen LogP contribution in [-0.4, -0.2) is 13.9 Å². The maximum atomic E-state index is 13.2. The number of rotatable bonds is 4. The van der Waals surface area contributed by atoms with Gasteiger partial charge in [0.1, 0.15) is 5.69 Å². The second-order valence-corrected chi connectivity index (χ2v) is 8.11. The zero-order valence-corrected chi connectivity index (χ0v) is 14.3. The van der Waals surface area contributed by atoms with E-state index in [0.29, 0.717) is 6.20 Å². The Bertz CT molecular complexity index is 607. The summed E-state index contributed by atoms with van der Waals surface area (Å²) in [6.45, 7) is 6.41. The van der Waals surface area contributed by atoms with E-state index < -0.39 is 50.9 Å². The molecule has 1 aromatic heterocycles. The molecule has 1 heterocycles. The lowest BCUT2D eigenvalue weighted by atomic mass is 10.00. The largest absolute Gasteiger partial charge is 0.433 e. The molecule has 0 aliphatic carbocycles. The lowest BCUT2D eigenvalue weighted by Crippen LogP contribution is -2.36. The maximum absolute atomic E-state index is 13.2. The van der Waals surface area contributed by atoms with Crippen molar-refractivity contribution >= 4 is 11.0 Å². The van der Waals surface area contributed by atoms with Crippen molar-refractivity contribution in [2.45, 2.75) is 57.3 Å². The minimum absolute atomic E-state index is 0.0142. The Morgan fingerprint density at radius 3 is 2.04 bits per heavy atom. The van der Waals surface area contributed by atoms with E-state index in [9.17, 15) is 30.6 Å². The van der Waals surface area contributed by atoms with Crippen LogP contribution < -0.4 is 4.72 Å². The first-order valence-electron chi connectivity index (χ1n) is 7.00.